The number of piperidine rings is 1. The zero-order valence-electron chi connectivity index (χ0n) is 22.3. The Balaban J connectivity index is 1.32. The molecule has 0 aromatic carbocycles. The molecule has 2 N–H and O–H groups in total. The van der Waals surface area contributed by atoms with Crippen LogP contribution >= 0.6 is 11.3 Å². The Bertz CT molecular complexity index is 1270. The Morgan fingerprint density at radius 2 is 2.00 bits per heavy atom. The van der Waals surface area contributed by atoms with Crippen molar-refractivity contribution in [1.82, 2.24) is 9.88 Å². The van der Waals surface area contributed by atoms with Crippen LogP contribution in [0.15, 0.2) is 75.6 Å². The molecule has 2 fully saturated rings. The summed E-state index contributed by atoms with van der Waals surface area (Å²) in [5.41, 5.74) is 13.6. The van der Waals surface area contributed by atoms with Gasteiger partial charge in [0.05, 0.1) is 11.7 Å². The van der Waals surface area contributed by atoms with Gasteiger partial charge in [-0.15, -0.1) is 0 Å². The molecule has 6 heteroatoms. The topological polar surface area (TPSA) is 57.8 Å². The number of allylic oxidation sites excluding steroid dienone is 4. The van der Waals surface area contributed by atoms with Gasteiger partial charge in [0.2, 0.25) is 0 Å². The van der Waals surface area contributed by atoms with Gasteiger partial charge >= 0.3 is 0 Å². The average molecular weight is 526 g/mol. The average Bonchev–Trinajstić information content (AvgIpc) is 3.48. The second kappa shape index (κ2) is 11.0. The smallest absolute Gasteiger partial charge is 0.156 e. The Labute approximate surface area is 231 Å². The van der Waals surface area contributed by atoms with Crippen molar-refractivity contribution in [1.29, 1.82) is 0 Å². The molecule has 2 aromatic rings. The van der Waals surface area contributed by atoms with Crippen LogP contribution < -0.4 is 10.6 Å². The van der Waals surface area contributed by atoms with Crippen molar-refractivity contribution in [2.24, 2.45) is 10.7 Å². The fourth-order valence-electron chi connectivity index (χ4n) is 6.22. The van der Waals surface area contributed by atoms with Crippen LogP contribution in [0.1, 0.15) is 69.0 Å². The molecule has 1 aliphatic heterocycles. The maximum atomic E-state index is 6.65. The Morgan fingerprint density at radius 3 is 2.68 bits per heavy atom. The lowest BCUT2D eigenvalue weighted by Gasteiger charge is -2.41. The molecular formula is C32H39N5S. The van der Waals surface area contributed by atoms with Crippen LogP contribution in [0, 0.1) is 0 Å². The highest BCUT2D eigenvalue weighted by atomic mass is 32.1. The molecule has 6 rings (SSSR count). The van der Waals surface area contributed by atoms with Gasteiger partial charge in [-0.05, 0) is 116 Å². The largest absolute Gasteiger partial charge is 0.375 e. The highest BCUT2D eigenvalue weighted by Gasteiger charge is 2.36. The number of rotatable bonds is 8. The van der Waals surface area contributed by atoms with Crippen LogP contribution in [0.4, 0.5) is 11.5 Å². The van der Waals surface area contributed by atoms with Crippen LogP contribution in [0.2, 0.25) is 0 Å². The quantitative estimate of drug-likeness (QED) is 0.371. The van der Waals surface area contributed by atoms with Crippen molar-refractivity contribution < 1.29 is 0 Å². The molecule has 0 bridgehead atoms. The van der Waals surface area contributed by atoms with Crippen molar-refractivity contribution in [3.8, 4) is 0 Å². The number of aliphatic imine (C=N–C) groups is 1. The molecule has 5 nitrogen and oxygen atoms in total. The van der Waals surface area contributed by atoms with Gasteiger partial charge in [0.1, 0.15) is 5.69 Å². The third kappa shape index (κ3) is 5.16. The van der Waals surface area contributed by atoms with Crippen molar-refractivity contribution >= 4 is 35.1 Å². The summed E-state index contributed by atoms with van der Waals surface area (Å²) in [4.78, 5) is 14.7. The van der Waals surface area contributed by atoms with E-state index in [1.165, 1.54) is 61.2 Å². The van der Waals surface area contributed by atoms with E-state index in [0.29, 0.717) is 0 Å². The second-order valence-electron chi connectivity index (χ2n) is 11.2. The monoisotopic (exact) mass is 525 g/mol. The van der Waals surface area contributed by atoms with Crippen LogP contribution in [0.25, 0.3) is 5.57 Å². The number of pyridine rings is 1. The number of aromatic nitrogens is 1. The molecule has 1 saturated carbocycles. The molecule has 4 aliphatic rings. The Morgan fingerprint density at radius 1 is 1.13 bits per heavy atom. The van der Waals surface area contributed by atoms with Crippen LogP contribution in [0.3, 0.4) is 0 Å². The van der Waals surface area contributed by atoms with Crippen LogP contribution in [-0.4, -0.2) is 41.3 Å². The molecule has 3 heterocycles. The first-order valence-corrected chi connectivity index (χ1v) is 15.2. The van der Waals surface area contributed by atoms with Crippen molar-refractivity contribution in [2.75, 3.05) is 18.0 Å². The fourth-order valence-corrected chi connectivity index (χ4v) is 6.88. The van der Waals surface area contributed by atoms with Gasteiger partial charge in [-0.3, -0.25) is 4.99 Å². The molecule has 3 aliphatic carbocycles. The highest BCUT2D eigenvalue weighted by molar-refractivity contribution is 7.07. The van der Waals surface area contributed by atoms with E-state index in [9.17, 15) is 0 Å². The summed E-state index contributed by atoms with van der Waals surface area (Å²) in [5.74, 6) is 0.903. The van der Waals surface area contributed by atoms with Crippen molar-refractivity contribution in [2.45, 2.75) is 75.9 Å². The van der Waals surface area contributed by atoms with Crippen LogP contribution in [-0.2, 0) is 6.54 Å². The van der Waals surface area contributed by atoms with E-state index >= 15 is 0 Å². The van der Waals surface area contributed by atoms with Gasteiger partial charge in [-0.2, -0.15) is 11.3 Å². The summed E-state index contributed by atoms with van der Waals surface area (Å²) in [6.45, 7) is 7.04. The van der Waals surface area contributed by atoms with Gasteiger partial charge in [0.25, 0.3) is 0 Å². The first-order chi connectivity index (χ1) is 18.6. The zero-order valence-corrected chi connectivity index (χ0v) is 23.1. The fraction of sp³-hybridized carbons (Fsp3) is 0.438. The molecule has 2 aromatic heterocycles. The second-order valence-corrected chi connectivity index (χ2v) is 11.9. The summed E-state index contributed by atoms with van der Waals surface area (Å²) < 4.78 is 0. The van der Waals surface area contributed by atoms with Gasteiger partial charge in [0, 0.05) is 30.9 Å². The number of hydrogen-bond acceptors (Lipinski definition) is 6. The van der Waals surface area contributed by atoms with Crippen molar-refractivity contribution in [3.05, 3.63) is 81.9 Å². The lowest BCUT2D eigenvalue weighted by Crippen LogP contribution is -2.48. The summed E-state index contributed by atoms with van der Waals surface area (Å²) in [6, 6.07) is 6.59. The highest BCUT2D eigenvalue weighted by Crippen LogP contribution is 2.40. The maximum absolute atomic E-state index is 6.65. The van der Waals surface area contributed by atoms with E-state index in [-0.39, 0.29) is 11.6 Å². The standard InChI is InChI=1S/C32H39N5S/c1-34-30-14-13-29(25-7-5-8-28(21-25)36-18-3-2-4-19-36)35-31(30)37(22-24-15-20-38-23-24)27-11-9-26(10-12-27)32(33)16-6-17-32/h7,9-11,13-15,20-21,23,27H,1-6,8,12,16-19,22,33H2. The van der Waals surface area contributed by atoms with Gasteiger partial charge in [-0.25, -0.2) is 4.98 Å². The summed E-state index contributed by atoms with van der Waals surface area (Å²) in [6.07, 6.45) is 22.1. The normalized spacial score (nSPS) is 22.7. The van der Waals surface area contributed by atoms with Gasteiger partial charge < -0.3 is 15.5 Å². The minimum absolute atomic E-state index is 0.127. The minimum atomic E-state index is -0.127. The molecule has 38 heavy (non-hydrogen) atoms. The molecule has 198 valence electrons. The summed E-state index contributed by atoms with van der Waals surface area (Å²) in [5, 5.41) is 4.37. The number of hydrogen-bond donors (Lipinski definition) is 1. The van der Waals surface area contributed by atoms with E-state index in [1.54, 1.807) is 11.3 Å². The predicted molar refractivity (Wildman–Crippen MR) is 161 cm³/mol. The predicted octanol–water partition coefficient (Wildman–Crippen LogP) is 7.17. The van der Waals surface area contributed by atoms with E-state index in [4.69, 9.17) is 10.7 Å². The van der Waals surface area contributed by atoms with Gasteiger partial charge in [0.15, 0.2) is 5.82 Å². The van der Waals surface area contributed by atoms with Gasteiger partial charge in [-0.1, -0.05) is 24.3 Å². The molecular weight excluding hydrogens is 486 g/mol. The molecule has 0 spiro atoms. The first kappa shape index (κ1) is 25.3. The van der Waals surface area contributed by atoms with Crippen molar-refractivity contribution in [3.63, 3.8) is 0 Å². The lowest BCUT2D eigenvalue weighted by molar-refractivity contribution is 0.276. The van der Waals surface area contributed by atoms with E-state index in [0.717, 1.165) is 55.8 Å². The Hall–Kier alpha value is -2.96. The Kier molecular flexibility index (Phi) is 7.35. The molecule has 1 unspecified atom stereocenters. The number of likely N-dealkylation sites (tertiary alicyclic amines) is 1. The molecule has 0 amide bonds. The molecule has 0 radical (unpaired) electrons. The summed E-state index contributed by atoms with van der Waals surface area (Å²) in [7, 11) is 0. The van der Waals surface area contributed by atoms with E-state index in [2.05, 4.69) is 80.8 Å². The third-order valence-corrected chi connectivity index (χ3v) is 9.41. The first-order valence-electron chi connectivity index (χ1n) is 14.2. The maximum Gasteiger partial charge on any atom is 0.156 e. The lowest BCUT2D eigenvalue weighted by atomic mass is 9.71. The number of nitrogens with two attached hydrogens (primary N) is 1. The third-order valence-electron chi connectivity index (χ3n) is 8.67. The zero-order chi connectivity index (χ0) is 26.0. The summed E-state index contributed by atoms with van der Waals surface area (Å²) >= 11 is 1.74. The van der Waals surface area contributed by atoms with E-state index < -0.39 is 0 Å². The molecule has 1 atom stereocenters. The molecule has 1 saturated heterocycles. The number of nitrogens with zero attached hydrogens (tertiary/aromatic N) is 4. The van der Waals surface area contributed by atoms with E-state index in [1.807, 2.05) is 0 Å². The number of thiophene rings is 1. The van der Waals surface area contributed by atoms with Crippen LogP contribution in [0.5, 0.6) is 0 Å². The number of anilines is 1. The SMILES string of the molecule is C=Nc1ccc(C2=CCCC(N3CCCCC3)=C2)nc1N(Cc1ccsc1)C1C=CC(C2(N)CCC2)=CC1. The minimum Gasteiger partial charge on any atom is -0.375 e.